The molecule has 3 rings (SSSR count). The maximum absolute atomic E-state index is 14.0. The van der Waals surface area contributed by atoms with E-state index in [-0.39, 0.29) is 16.3 Å². The number of anilines is 2. The van der Waals surface area contributed by atoms with Crippen LogP contribution in [-0.4, -0.2) is 25.7 Å². The normalized spacial score (nSPS) is 15.4. The molecule has 0 spiro atoms. The third-order valence-corrected chi connectivity index (χ3v) is 4.18. The Morgan fingerprint density at radius 3 is 1.89 bits per heavy atom. The van der Waals surface area contributed by atoms with Gasteiger partial charge in [0.25, 0.3) is 5.91 Å². The highest BCUT2D eigenvalue weighted by molar-refractivity contribution is 6.32. The minimum Gasteiger partial charge on any atom is -0.378 e. The molecule has 1 amide bonds. The SMILES string of the molecule is CC1=NN(c2c(F)c(F)c(F)c(F)c2F)C(=O)C1=Cc1ccc(N(C)C)cc1. The number of carbonyl (C=O) groups is 1. The average Bonchev–Trinajstić information content (AvgIpc) is 2.93. The number of halogens is 5. The first-order valence-electron chi connectivity index (χ1n) is 8.04. The first-order chi connectivity index (χ1) is 13.1. The lowest BCUT2D eigenvalue weighted by Gasteiger charge is -2.15. The maximum atomic E-state index is 14.0. The van der Waals surface area contributed by atoms with E-state index in [2.05, 4.69) is 5.10 Å². The Morgan fingerprint density at radius 1 is 0.893 bits per heavy atom. The van der Waals surface area contributed by atoms with Gasteiger partial charge in [-0.05, 0) is 30.7 Å². The summed E-state index contributed by atoms with van der Waals surface area (Å²) >= 11 is 0. The highest BCUT2D eigenvalue weighted by Gasteiger charge is 2.36. The van der Waals surface area contributed by atoms with Gasteiger partial charge in [0, 0.05) is 19.8 Å². The number of hydrogen-bond donors (Lipinski definition) is 0. The van der Waals surface area contributed by atoms with E-state index < -0.39 is 40.7 Å². The van der Waals surface area contributed by atoms with E-state index in [4.69, 9.17) is 0 Å². The molecule has 28 heavy (non-hydrogen) atoms. The van der Waals surface area contributed by atoms with E-state index in [0.717, 1.165) is 5.69 Å². The molecule has 0 radical (unpaired) electrons. The molecule has 2 aromatic carbocycles. The van der Waals surface area contributed by atoms with E-state index in [1.54, 1.807) is 24.3 Å². The Hall–Kier alpha value is -3.23. The lowest BCUT2D eigenvalue weighted by molar-refractivity contribution is -0.114. The Morgan fingerprint density at radius 2 is 1.39 bits per heavy atom. The summed E-state index contributed by atoms with van der Waals surface area (Å²) in [6.07, 6.45) is 1.42. The lowest BCUT2D eigenvalue weighted by atomic mass is 10.1. The molecular formula is C19H14F5N3O. The summed E-state index contributed by atoms with van der Waals surface area (Å²) in [5.41, 5.74) is 0.148. The van der Waals surface area contributed by atoms with Crippen LogP contribution in [0.15, 0.2) is 34.9 Å². The molecule has 0 unspecified atom stereocenters. The molecule has 1 heterocycles. The Labute approximate surface area is 157 Å². The fourth-order valence-electron chi connectivity index (χ4n) is 2.65. The summed E-state index contributed by atoms with van der Waals surface area (Å²) in [6.45, 7) is 1.39. The molecule has 0 saturated heterocycles. The second-order valence-corrected chi connectivity index (χ2v) is 6.26. The van der Waals surface area contributed by atoms with Gasteiger partial charge in [0.05, 0.1) is 11.3 Å². The van der Waals surface area contributed by atoms with Crippen molar-refractivity contribution in [3.05, 3.63) is 64.5 Å². The highest BCUT2D eigenvalue weighted by Crippen LogP contribution is 2.34. The molecular weight excluding hydrogens is 381 g/mol. The van der Waals surface area contributed by atoms with Crippen LogP contribution in [0.4, 0.5) is 33.3 Å². The molecule has 9 heteroatoms. The number of amides is 1. The van der Waals surface area contributed by atoms with E-state index in [1.165, 1.54) is 13.0 Å². The third kappa shape index (κ3) is 3.12. The van der Waals surface area contributed by atoms with Crippen molar-refractivity contribution < 1.29 is 26.7 Å². The molecule has 0 aliphatic carbocycles. The summed E-state index contributed by atoms with van der Waals surface area (Å²) in [4.78, 5) is 14.4. The number of carbonyl (C=O) groups excluding carboxylic acids is 1. The van der Waals surface area contributed by atoms with Gasteiger partial charge in [-0.1, -0.05) is 12.1 Å². The number of rotatable bonds is 3. The second kappa shape index (κ2) is 7.06. The summed E-state index contributed by atoms with van der Waals surface area (Å²) in [7, 11) is 3.71. The average molecular weight is 395 g/mol. The molecule has 146 valence electrons. The molecule has 4 nitrogen and oxygen atoms in total. The van der Waals surface area contributed by atoms with Crippen molar-refractivity contribution in [2.24, 2.45) is 5.10 Å². The van der Waals surface area contributed by atoms with E-state index >= 15 is 0 Å². The summed E-state index contributed by atoms with van der Waals surface area (Å²) < 4.78 is 68.2. The third-order valence-electron chi connectivity index (χ3n) is 4.18. The van der Waals surface area contributed by atoms with Crippen LogP contribution in [-0.2, 0) is 4.79 Å². The highest BCUT2D eigenvalue weighted by atomic mass is 19.2. The van der Waals surface area contributed by atoms with E-state index in [9.17, 15) is 26.7 Å². The summed E-state index contributed by atoms with van der Waals surface area (Å²) in [5, 5.41) is 3.87. The standard InChI is InChI=1S/C19H14F5N3O/c1-9-12(8-10-4-6-11(7-5-10)26(2)3)19(28)27(25-9)18-16(23)14(21)13(20)15(22)17(18)24/h4-8H,1-3H3. The van der Waals surface area contributed by atoms with Crippen LogP contribution in [0.25, 0.3) is 6.08 Å². The van der Waals surface area contributed by atoms with Gasteiger partial charge in [0.1, 0.15) is 5.69 Å². The topological polar surface area (TPSA) is 35.9 Å². The zero-order chi connectivity index (χ0) is 20.7. The second-order valence-electron chi connectivity index (χ2n) is 6.26. The molecule has 2 aromatic rings. The number of nitrogens with zero attached hydrogens (tertiary/aromatic N) is 3. The van der Waals surface area contributed by atoms with Crippen molar-refractivity contribution in [1.82, 2.24) is 0 Å². The zero-order valence-electron chi connectivity index (χ0n) is 15.0. The van der Waals surface area contributed by atoms with Crippen molar-refractivity contribution in [2.75, 3.05) is 24.0 Å². The van der Waals surface area contributed by atoms with Gasteiger partial charge in [-0.25, -0.2) is 22.0 Å². The minimum atomic E-state index is -2.30. The van der Waals surface area contributed by atoms with Gasteiger partial charge in [-0.2, -0.15) is 10.1 Å². The molecule has 0 fully saturated rings. The molecule has 1 aliphatic heterocycles. The summed E-state index contributed by atoms with van der Waals surface area (Å²) in [5.74, 6) is -11.9. The van der Waals surface area contributed by atoms with Crippen LogP contribution in [0.1, 0.15) is 12.5 Å². The zero-order valence-corrected chi connectivity index (χ0v) is 15.0. The maximum Gasteiger partial charge on any atom is 0.280 e. The first-order valence-corrected chi connectivity index (χ1v) is 8.04. The van der Waals surface area contributed by atoms with Crippen molar-refractivity contribution in [3.63, 3.8) is 0 Å². The number of hydrogen-bond acceptors (Lipinski definition) is 3. The van der Waals surface area contributed by atoms with Crippen LogP contribution < -0.4 is 9.91 Å². The summed E-state index contributed by atoms with van der Waals surface area (Å²) in [6, 6.07) is 7.01. The fourth-order valence-corrected chi connectivity index (χ4v) is 2.65. The van der Waals surface area contributed by atoms with E-state index in [1.807, 2.05) is 19.0 Å². The first kappa shape index (κ1) is 19.5. The molecule has 0 saturated carbocycles. The largest absolute Gasteiger partial charge is 0.378 e. The van der Waals surface area contributed by atoms with E-state index in [0.29, 0.717) is 5.56 Å². The van der Waals surface area contributed by atoms with Crippen LogP contribution in [0, 0.1) is 29.1 Å². The quantitative estimate of drug-likeness (QED) is 0.337. The van der Waals surface area contributed by atoms with Gasteiger partial charge in [0.15, 0.2) is 23.3 Å². The predicted molar refractivity (Wildman–Crippen MR) is 95.6 cm³/mol. The molecule has 1 aliphatic rings. The predicted octanol–water partition coefficient (Wildman–Crippen LogP) is 4.25. The van der Waals surface area contributed by atoms with Crippen LogP contribution in [0.3, 0.4) is 0 Å². The Balaban J connectivity index is 2.03. The van der Waals surface area contributed by atoms with Gasteiger partial charge in [0.2, 0.25) is 5.82 Å². The molecule has 0 atom stereocenters. The van der Waals surface area contributed by atoms with Crippen molar-refractivity contribution in [2.45, 2.75) is 6.92 Å². The van der Waals surface area contributed by atoms with Crippen molar-refractivity contribution in [3.8, 4) is 0 Å². The van der Waals surface area contributed by atoms with Gasteiger partial charge < -0.3 is 4.90 Å². The van der Waals surface area contributed by atoms with Crippen LogP contribution in [0.2, 0.25) is 0 Å². The minimum absolute atomic E-state index is 0.0263. The fraction of sp³-hybridized carbons (Fsp3) is 0.158. The number of benzene rings is 2. The Kier molecular flexibility index (Phi) is 4.93. The van der Waals surface area contributed by atoms with Crippen molar-refractivity contribution >= 4 is 29.1 Å². The van der Waals surface area contributed by atoms with Crippen LogP contribution in [0.5, 0.6) is 0 Å². The van der Waals surface area contributed by atoms with Gasteiger partial charge in [-0.15, -0.1) is 0 Å². The smallest absolute Gasteiger partial charge is 0.280 e. The lowest BCUT2D eigenvalue weighted by Crippen LogP contribution is -2.25. The Bertz CT molecular complexity index is 1000. The van der Waals surface area contributed by atoms with Crippen LogP contribution >= 0.6 is 0 Å². The van der Waals surface area contributed by atoms with Gasteiger partial charge in [-0.3, -0.25) is 4.79 Å². The molecule has 0 aromatic heterocycles. The molecule has 0 bridgehead atoms. The van der Waals surface area contributed by atoms with Crippen molar-refractivity contribution in [1.29, 1.82) is 0 Å². The molecule has 0 N–H and O–H groups in total. The number of hydrazone groups is 1. The van der Waals surface area contributed by atoms with Gasteiger partial charge >= 0.3 is 0 Å². The monoisotopic (exact) mass is 395 g/mol.